The first-order valence-electron chi connectivity index (χ1n) is 7.01. The van der Waals surface area contributed by atoms with E-state index in [-0.39, 0.29) is 16.9 Å². The van der Waals surface area contributed by atoms with Crippen LogP contribution >= 0.6 is 0 Å². The van der Waals surface area contributed by atoms with Crippen LogP contribution in [-0.2, 0) is 7.05 Å². The zero-order valence-electron chi connectivity index (χ0n) is 12.6. The van der Waals surface area contributed by atoms with Gasteiger partial charge in [-0.1, -0.05) is 0 Å². The molecule has 5 nitrogen and oxygen atoms in total. The minimum atomic E-state index is -2.83. The maximum Gasteiger partial charge on any atom is 0.280 e. The second kappa shape index (κ2) is 6.23. The molecule has 0 saturated carbocycles. The van der Waals surface area contributed by atoms with Gasteiger partial charge in [-0.25, -0.2) is 13.2 Å². The molecule has 1 N–H and O–H groups in total. The van der Waals surface area contributed by atoms with Crippen LogP contribution in [-0.4, -0.2) is 20.3 Å². The molecule has 1 amide bonds. The molecule has 0 unspecified atom stereocenters. The van der Waals surface area contributed by atoms with Crippen molar-refractivity contribution in [2.75, 3.05) is 5.32 Å². The van der Waals surface area contributed by atoms with Crippen molar-refractivity contribution in [2.45, 2.75) is 6.43 Å². The molecule has 1 aromatic carbocycles. The fourth-order valence-electron chi connectivity index (χ4n) is 2.36. The van der Waals surface area contributed by atoms with Crippen LogP contribution in [0.1, 0.15) is 22.5 Å². The second-order valence-electron chi connectivity index (χ2n) is 5.08. The highest BCUT2D eigenvalue weighted by molar-refractivity contribution is 6.05. The zero-order valence-corrected chi connectivity index (χ0v) is 12.6. The molecular weight excluding hydrogens is 321 g/mol. The van der Waals surface area contributed by atoms with E-state index in [1.165, 1.54) is 25.2 Å². The van der Waals surface area contributed by atoms with Gasteiger partial charge in [0.15, 0.2) is 0 Å². The van der Waals surface area contributed by atoms with E-state index in [9.17, 15) is 18.0 Å². The van der Waals surface area contributed by atoms with E-state index in [1.807, 2.05) is 0 Å². The molecular formula is C16H13F3N4O. The summed E-state index contributed by atoms with van der Waals surface area (Å²) in [5.74, 6) is -1.21. The van der Waals surface area contributed by atoms with Gasteiger partial charge in [0.1, 0.15) is 11.5 Å². The molecule has 0 aliphatic rings. The van der Waals surface area contributed by atoms with Crippen molar-refractivity contribution in [1.82, 2.24) is 14.3 Å². The smallest absolute Gasteiger partial charge is 0.280 e. The van der Waals surface area contributed by atoms with Crippen molar-refractivity contribution < 1.29 is 18.0 Å². The predicted molar refractivity (Wildman–Crippen MR) is 81.8 cm³/mol. The number of aromatic nitrogens is 3. The van der Waals surface area contributed by atoms with E-state index in [0.717, 1.165) is 10.9 Å². The minimum absolute atomic E-state index is 0.223. The molecule has 0 spiro atoms. The highest BCUT2D eigenvalue weighted by Crippen LogP contribution is 2.24. The highest BCUT2D eigenvalue weighted by Gasteiger charge is 2.23. The van der Waals surface area contributed by atoms with Crippen molar-refractivity contribution >= 4 is 11.6 Å². The third-order valence-electron chi connectivity index (χ3n) is 3.52. The van der Waals surface area contributed by atoms with Crippen LogP contribution < -0.4 is 5.32 Å². The van der Waals surface area contributed by atoms with Crippen LogP contribution in [0.3, 0.4) is 0 Å². The second-order valence-corrected chi connectivity index (χ2v) is 5.08. The first-order chi connectivity index (χ1) is 11.5. The first kappa shape index (κ1) is 15.9. The van der Waals surface area contributed by atoms with Gasteiger partial charge >= 0.3 is 0 Å². The number of halogens is 3. The van der Waals surface area contributed by atoms with Crippen LogP contribution in [0.5, 0.6) is 0 Å². The number of nitrogens with zero attached hydrogens (tertiary/aromatic N) is 3. The Hall–Kier alpha value is -3.03. The predicted octanol–water partition coefficient (Wildman–Crippen LogP) is 3.54. The summed E-state index contributed by atoms with van der Waals surface area (Å²) < 4.78 is 42.5. The lowest BCUT2D eigenvalue weighted by molar-refractivity contribution is 0.100. The quantitative estimate of drug-likeness (QED) is 0.793. The maximum atomic E-state index is 13.9. The Morgan fingerprint density at radius 2 is 1.96 bits per heavy atom. The van der Waals surface area contributed by atoms with Crippen LogP contribution in [0.2, 0.25) is 0 Å². The molecule has 8 heteroatoms. The molecule has 0 radical (unpaired) electrons. The highest BCUT2D eigenvalue weighted by atomic mass is 19.3. The number of alkyl halides is 2. The Morgan fingerprint density at radius 1 is 1.25 bits per heavy atom. The van der Waals surface area contributed by atoms with E-state index in [2.05, 4.69) is 10.4 Å². The molecule has 0 aliphatic heterocycles. The van der Waals surface area contributed by atoms with Gasteiger partial charge in [-0.2, -0.15) is 5.10 Å². The number of carbonyl (C=O) groups is 1. The topological polar surface area (TPSA) is 51.9 Å². The maximum absolute atomic E-state index is 13.9. The first-order valence-corrected chi connectivity index (χ1v) is 7.01. The summed E-state index contributed by atoms with van der Waals surface area (Å²) in [5.41, 5.74) is -0.174. The summed E-state index contributed by atoms with van der Waals surface area (Å²) in [5, 5.41) is 6.18. The van der Waals surface area contributed by atoms with E-state index in [0.29, 0.717) is 0 Å². The van der Waals surface area contributed by atoms with Crippen molar-refractivity contribution in [2.24, 2.45) is 7.05 Å². The summed E-state index contributed by atoms with van der Waals surface area (Å²) in [6.45, 7) is 0. The average Bonchev–Trinajstić information content (AvgIpc) is 3.18. The number of benzene rings is 1. The summed E-state index contributed by atoms with van der Waals surface area (Å²) in [4.78, 5) is 12.2. The van der Waals surface area contributed by atoms with Crippen molar-refractivity contribution in [3.8, 4) is 5.69 Å². The number of amides is 1. The Morgan fingerprint density at radius 3 is 2.62 bits per heavy atom. The van der Waals surface area contributed by atoms with Gasteiger partial charge in [-0.3, -0.25) is 9.48 Å². The van der Waals surface area contributed by atoms with Gasteiger partial charge < -0.3 is 9.88 Å². The Bertz CT molecular complexity index is 872. The molecule has 0 atom stereocenters. The molecule has 2 aromatic heterocycles. The summed E-state index contributed by atoms with van der Waals surface area (Å²) in [7, 11) is 1.33. The number of anilines is 1. The van der Waals surface area contributed by atoms with Gasteiger partial charge in [0.05, 0.1) is 17.4 Å². The summed E-state index contributed by atoms with van der Waals surface area (Å²) in [6, 6.07) is 7.44. The van der Waals surface area contributed by atoms with Crippen molar-refractivity contribution in [1.29, 1.82) is 0 Å². The Labute approximate surface area is 135 Å². The minimum Gasteiger partial charge on any atom is -0.322 e. The molecule has 0 saturated heterocycles. The van der Waals surface area contributed by atoms with Gasteiger partial charge in [0.2, 0.25) is 0 Å². The lowest BCUT2D eigenvalue weighted by atomic mass is 10.2. The van der Waals surface area contributed by atoms with Crippen LogP contribution in [0.15, 0.2) is 48.9 Å². The molecule has 0 aliphatic carbocycles. The SMILES string of the molecule is Cn1ncc(C(=O)Nc2ccc(F)c(-n3cccc3)c2)c1C(F)F. The number of aryl methyl sites for hydroxylation is 1. The monoisotopic (exact) mass is 334 g/mol. The molecule has 24 heavy (non-hydrogen) atoms. The average molecular weight is 334 g/mol. The van der Waals surface area contributed by atoms with Crippen LogP contribution in [0, 0.1) is 5.82 Å². The van der Waals surface area contributed by atoms with Gasteiger partial charge in [-0.15, -0.1) is 0 Å². The van der Waals surface area contributed by atoms with Gasteiger partial charge in [0.25, 0.3) is 12.3 Å². The lowest BCUT2D eigenvalue weighted by Gasteiger charge is -2.10. The third-order valence-corrected chi connectivity index (χ3v) is 3.52. The number of hydrogen-bond acceptors (Lipinski definition) is 2. The number of carbonyl (C=O) groups excluding carboxylic acids is 1. The third kappa shape index (κ3) is 2.90. The number of nitrogens with one attached hydrogen (secondary N) is 1. The Balaban J connectivity index is 1.89. The lowest BCUT2D eigenvalue weighted by Crippen LogP contribution is -2.15. The Kier molecular flexibility index (Phi) is 4.11. The fourth-order valence-corrected chi connectivity index (χ4v) is 2.36. The summed E-state index contributed by atoms with van der Waals surface area (Å²) in [6.07, 6.45) is 1.55. The van der Waals surface area contributed by atoms with Gasteiger partial charge in [-0.05, 0) is 30.3 Å². The number of rotatable bonds is 4. The normalized spacial score (nSPS) is 11.0. The molecule has 124 valence electrons. The van der Waals surface area contributed by atoms with E-state index in [4.69, 9.17) is 0 Å². The van der Waals surface area contributed by atoms with E-state index in [1.54, 1.807) is 29.1 Å². The molecule has 0 bridgehead atoms. The molecule has 3 rings (SSSR count). The largest absolute Gasteiger partial charge is 0.322 e. The van der Waals surface area contributed by atoms with E-state index < -0.39 is 23.8 Å². The van der Waals surface area contributed by atoms with Crippen LogP contribution in [0.4, 0.5) is 18.9 Å². The van der Waals surface area contributed by atoms with Crippen LogP contribution in [0.25, 0.3) is 5.69 Å². The molecule has 2 heterocycles. The van der Waals surface area contributed by atoms with Gasteiger partial charge in [0, 0.05) is 25.1 Å². The standard InChI is InChI=1S/C16H13F3N4O/c1-22-14(15(18)19)11(9-20-22)16(24)21-10-4-5-12(17)13(8-10)23-6-2-3-7-23/h2-9,15H,1H3,(H,21,24). The number of hydrogen-bond donors (Lipinski definition) is 1. The van der Waals surface area contributed by atoms with E-state index >= 15 is 0 Å². The molecule has 3 aromatic rings. The fraction of sp³-hybridized carbons (Fsp3) is 0.125. The summed E-state index contributed by atoms with van der Waals surface area (Å²) >= 11 is 0. The van der Waals surface area contributed by atoms with Crippen molar-refractivity contribution in [3.63, 3.8) is 0 Å². The molecule has 0 fully saturated rings. The zero-order chi connectivity index (χ0) is 17.3. The van der Waals surface area contributed by atoms with Crippen molar-refractivity contribution in [3.05, 3.63) is 66.0 Å².